The van der Waals surface area contributed by atoms with Gasteiger partial charge in [-0.1, -0.05) is 46.9 Å². The molecule has 1 aromatic carbocycles. The lowest BCUT2D eigenvalue weighted by Gasteiger charge is -2.26. The van der Waals surface area contributed by atoms with Crippen LogP contribution >= 0.6 is 50.7 Å². The first-order chi connectivity index (χ1) is 9.88. The predicted octanol–water partition coefficient (Wildman–Crippen LogP) is 4.55. The predicted molar refractivity (Wildman–Crippen MR) is 85.0 cm³/mol. The normalized spacial score (nSPS) is 12.8. The summed E-state index contributed by atoms with van der Waals surface area (Å²) < 4.78 is 9.34. The lowest BCUT2D eigenvalue weighted by atomic mass is 10.3. The summed E-state index contributed by atoms with van der Waals surface area (Å²) in [6.45, 7) is 0. The molecule has 1 atom stereocenters. The summed E-state index contributed by atoms with van der Waals surface area (Å²) in [6.07, 6.45) is 0.173. The number of furan rings is 1. The third-order valence-corrected chi connectivity index (χ3v) is 3.64. The van der Waals surface area contributed by atoms with Crippen molar-refractivity contribution < 1.29 is 13.9 Å². The summed E-state index contributed by atoms with van der Waals surface area (Å²) >= 11 is 20.9. The standard InChI is InChI=1S/C13H9BrCl3NO3/c14-8-4-1-2-5-9(8)21-12(13(15,16)17)18-11(19)10-6-3-7-20-10/h1-7,12H,(H,18,19). The number of ether oxygens (including phenoxy) is 1. The average Bonchev–Trinajstić information content (AvgIpc) is 2.93. The van der Waals surface area contributed by atoms with Gasteiger partial charge in [0.2, 0.25) is 10.0 Å². The maximum atomic E-state index is 12.0. The van der Waals surface area contributed by atoms with Gasteiger partial charge in [-0.05, 0) is 40.2 Å². The summed E-state index contributed by atoms with van der Waals surface area (Å²) in [6, 6.07) is 10.1. The van der Waals surface area contributed by atoms with Crippen LogP contribution in [0, 0.1) is 0 Å². The van der Waals surface area contributed by atoms with E-state index in [2.05, 4.69) is 21.2 Å². The number of hydrogen-bond acceptors (Lipinski definition) is 3. The molecule has 0 aliphatic heterocycles. The van der Waals surface area contributed by atoms with Gasteiger partial charge >= 0.3 is 0 Å². The van der Waals surface area contributed by atoms with E-state index in [4.69, 9.17) is 44.0 Å². The Morgan fingerprint density at radius 1 is 1.24 bits per heavy atom. The highest BCUT2D eigenvalue weighted by Crippen LogP contribution is 2.34. The number of halogens is 4. The first-order valence-corrected chi connectivity index (χ1v) is 7.63. The molecule has 4 nitrogen and oxygen atoms in total. The molecule has 0 radical (unpaired) electrons. The zero-order valence-electron chi connectivity index (χ0n) is 10.4. The maximum Gasteiger partial charge on any atom is 0.289 e. The SMILES string of the molecule is O=C(NC(Oc1ccccc1Br)C(Cl)(Cl)Cl)c1ccco1. The van der Waals surface area contributed by atoms with Crippen LogP contribution in [-0.4, -0.2) is 15.9 Å². The fraction of sp³-hybridized carbons (Fsp3) is 0.154. The maximum absolute atomic E-state index is 12.0. The van der Waals surface area contributed by atoms with Crippen LogP contribution in [0.15, 0.2) is 51.6 Å². The molecule has 1 N–H and O–H groups in total. The third-order valence-electron chi connectivity index (χ3n) is 2.39. The smallest absolute Gasteiger partial charge is 0.289 e. The van der Waals surface area contributed by atoms with Gasteiger partial charge in [-0.2, -0.15) is 0 Å². The second kappa shape index (κ2) is 6.92. The van der Waals surface area contributed by atoms with Crippen molar-refractivity contribution >= 4 is 56.6 Å². The zero-order chi connectivity index (χ0) is 15.5. The minimum Gasteiger partial charge on any atom is -0.465 e. The fourth-order valence-electron chi connectivity index (χ4n) is 1.44. The van der Waals surface area contributed by atoms with Gasteiger partial charge in [-0.15, -0.1) is 0 Å². The summed E-state index contributed by atoms with van der Waals surface area (Å²) in [5, 5.41) is 2.46. The van der Waals surface area contributed by atoms with Crippen molar-refractivity contribution in [3.63, 3.8) is 0 Å². The van der Waals surface area contributed by atoms with Crippen LogP contribution in [-0.2, 0) is 0 Å². The molecule has 2 aromatic rings. The number of para-hydroxylation sites is 1. The van der Waals surface area contributed by atoms with E-state index in [-0.39, 0.29) is 5.76 Å². The number of amides is 1. The Hall–Kier alpha value is -0.880. The van der Waals surface area contributed by atoms with Crippen molar-refractivity contribution in [1.82, 2.24) is 5.32 Å². The number of rotatable bonds is 4. The number of carbonyl (C=O) groups is 1. The first-order valence-electron chi connectivity index (χ1n) is 5.70. The number of benzene rings is 1. The van der Waals surface area contributed by atoms with E-state index in [1.54, 1.807) is 24.3 Å². The van der Waals surface area contributed by atoms with Crippen molar-refractivity contribution in [2.45, 2.75) is 10.0 Å². The molecule has 1 unspecified atom stereocenters. The Morgan fingerprint density at radius 3 is 2.52 bits per heavy atom. The van der Waals surface area contributed by atoms with Crippen LogP contribution in [0.3, 0.4) is 0 Å². The van der Waals surface area contributed by atoms with Crippen molar-refractivity contribution in [1.29, 1.82) is 0 Å². The van der Waals surface area contributed by atoms with E-state index in [0.29, 0.717) is 10.2 Å². The van der Waals surface area contributed by atoms with Gasteiger partial charge in [0, 0.05) is 0 Å². The molecule has 1 amide bonds. The topological polar surface area (TPSA) is 51.5 Å². The van der Waals surface area contributed by atoms with Gasteiger partial charge in [0.1, 0.15) is 5.75 Å². The molecule has 1 heterocycles. The minimum atomic E-state index is -1.86. The van der Waals surface area contributed by atoms with Crippen molar-refractivity contribution in [3.05, 3.63) is 52.9 Å². The third kappa shape index (κ3) is 4.54. The molecule has 2 rings (SSSR count). The molecule has 8 heteroatoms. The number of alkyl halides is 3. The van der Waals surface area contributed by atoms with Gasteiger partial charge in [0.15, 0.2) is 5.76 Å². The van der Waals surface area contributed by atoms with E-state index in [1.165, 1.54) is 12.3 Å². The first kappa shape index (κ1) is 16.5. The molecule has 0 spiro atoms. The second-order valence-corrected chi connectivity index (χ2v) is 7.14. The molecule has 0 aliphatic carbocycles. The second-order valence-electron chi connectivity index (χ2n) is 3.92. The average molecular weight is 413 g/mol. The molecule has 0 bridgehead atoms. The summed E-state index contributed by atoms with van der Waals surface area (Å²) in [7, 11) is 0. The van der Waals surface area contributed by atoms with Crippen LogP contribution in [0.1, 0.15) is 10.6 Å². The van der Waals surface area contributed by atoms with Crippen LogP contribution in [0.25, 0.3) is 0 Å². The largest absolute Gasteiger partial charge is 0.465 e. The molecule has 1 aromatic heterocycles. The van der Waals surface area contributed by atoms with Crippen LogP contribution in [0.4, 0.5) is 0 Å². The van der Waals surface area contributed by atoms with Crippen molar-refractivity contribution in [2.75, 3.05) is 0 Å². The van der Waals surface area contributed by atoms with Gasteiger partial charge in [-0.25, -0.2) is 0 Å². The van der Waals surface area contributed by atoms with Crippen LogP contribution in [0.2, 0.25) is 0 Å². The van der Waals surface area contributed by atoms with Gasteiger partial charge < -0.3 is 14.5 Å². The van der Waals surface area contributed by atoms with Gasteiger partial charge in [0.05, 0.1) is 10.7 Å². The Kier molecular flexibility index (Phi) is 5.43. The van der Waals surface area contributed by atoms with Crippen LogP contribution < -0.4 is 10.1 Å². The molecular weight excluding hydrogens is 404 g/mol. The van der Waals surface area contributed by atoms with Crippen LogP contribution in [0.5, 0.6) is 5.75 Å². The number of hydrogen-bond donors (Lipinski definition) is 1. The summed E-state index contributed by atoms with van der Waals surface area (Å²) in [4.78, 5) is 12.0. The van der Waals surface area contributed by atoms with E-state index < -0.39 is 15.9 Å². The van der Waals surface area contributed by atoms with E-state index in [9.17, 15) is 4.79 Å². The van der Waals surface area contributed by atoms with E-state index >= 15 is 0 Å². The highest BCUT2D eigenvalue weighted by atomic mass is 79.9. The van der Waals surface area contributed by atoms with Crippen molar-refractivity contribution in [3.8, 4) is 5.75 Å². The lowest BCUT2D eigenvalue weighted by molar-refractivity contribution is 0.0804. The Labute approximate surface area is 144 Å². The highest BCUT2D eigenvalue weighted by Gasteiger charge is 2.37. The lowest BCUT2D eigenvalue weighted by Crippen LogP contribution is -2.47. The number of carbonyl (C=O) groups excluding carboxylic acids is 1. The molecule has 0 saturated carbocycles. The molecule has 0 fully saturated rings. The number of nitrogens with one attached hydrogen (secondary N) is 1. The van der Waals surface area contributed by atoms with Gasteiger partial charge in [0.25, 0.3) is 5.91 Å². The molecule has 21 heavy (non-hydrogen) atoms. The highest BCUT2D eigenvalue weighted by molar-refractivity contribution is 9.10. The fourth-order valence-corrected chi connectivity index (χ4v) is 2.12. The summed E-state index contributed by atoms with van der Waals surface area (Å²) in [5.41, 5.74) is 0. The van der Waals surface area contributed by atoms with Crippen molar-refractivity contribution in [2.24, 2.45) is 0 Å². The molecule has 0 aliphatic rings. The van der Waals surface area contributed by atoms with Gasteiger partial charge in [-0.3, -0.25) is 4.79 Å². The Bertz CT molecular complexity index is 613. The molecule has 0 saturated heterocycles. The monoisotopic (exact) mass is 411 g/mol. The molecule has 112 valence electrons. The molecular formula is C13H9BrCl3NO3. The van der Waals surface area contributed by atoms with E-state index in [1.807, 2.05) is 6.07 Å². The summed E-state index contributed by atoms with van der Waals surface area (Å²) in [5.74, 6) is -0.0399. The Balaban J connectivity index is 2.16. The quantitative estimate of drug-likeness (QED) is 0.591. The zero-order valence-corrected chi connectivity index (χ0v) is 14.2. The Morgan fingerprint density at radius 2 is 1.95 bits per heavy atom. The van der Waals surface area contributed by atoms with E-state index in [0.717, 1.165) is 0 Å². The minimum absolute atomic E-state index is 0.0879.